The smallest absolute Gasteiger partial charge is 0.311 e. The first kappa shape index (κ1) is 15.4. The zero-order valence-electron chi connectivity index (χ0n) is 7.73. The van der Waals surface area contributed by atoms with E-state index in [-0.39, 0.29) is 42.7 Å². The van der Waals surface area contributed by atoms with Gasteiger partial charge < -0.3 is 15.4 Å². The molecule has 4 nitrogen and oxygen atoms in total. The Morgan fingerprint density at radius 1 is 1.46 bits per heavy atom. The van der Waals surface area contributed by atoms with Gasteiger partial charge in [-0.1, -0.05) is 0 Å². The highest BCUT2D eigenvalue weighted by Crippen LogP contribution is 2.14. The summed E-state index contributed by atoms with van der Waals surface area (Å²) in [6.07, 6.45) is 0. The maximum absolute atomic E-state index is 11.0. The van der Waals surface area contributed by atoms with Gasteiger partial charge in [0.2, 0.25) is 0 Å². The Hall–Kier alpha value is -0.0300. The number of halogens is 2. The number of hydrogen-bond acceptors (Lipinski definition) is 4. The molecule has 0 aromatic rings. The summed E-state index contributed by atoms with van der Waals surface area (Å²) >= 11 is 0. The van der Waals surface area contributed by atoms with Gasteiger partial charge in [-0.15, -0.1) is 24.8 Å². The van der Waals surface area contributed by atoms with Crippen LogP contribution in [0.2, 0.25) is 0 Å². The predicted octanol–water partition coefficient (Wildman–Crippen LogP) is -0.108. The summed E-state index contributed by atoms with van der Waals surface area (Å²) in [6.45, 7) is 1.49. The molecule has 1 rings (SSSR count). The van der Waals surface area contributed by atoms with Crippen molar-refractivity contribution in [2.75, 3.05) is 27.2 Å². The first-order valence-corrected chi connectivity index (χ1v) is 3.67. The van der Waals surface area contributed by atoms with Crippen molar-refractivity contribution in [1.29, 1.82) is 0 Å². The van der Waals surface area contributed by atoms with Crippen LogP contribution in [0.4, 0.5) is 0 Å². The number of nitrogens with zero attached hydrogens (tertiary/aromatic N) is 1. The number of rotatable bonds is 1. The second-order valence-electron chi connectivity index (χ2n) is 3.01. The maximum atomic E-state index is 11.0. The van der Waals surface area contributed by atoms with E-state index in [1.54, 1.807) is 0 Å². The lowest BCUT2D eigenvalue weighted by Crippen LogP contribution is -2.34. The number of esters is 1. The van der Waals surface area contributed by atoms with Crippen molar-refractivity contribution in [3.63, 3.8) is 0 Å². The molecule has 0 saturated carbocycles. The quantitative estimate of drug-likeness (QED) is 0.640. The van der Waals surface area contributed by atoms with E-state index < -0.39 is 0 Å². The second-order valence-corrected chi connectivity index (χ2v) is 3.01. The van der Waals surface area contributed by atoms with E-state index in [1.807, 2.05) is 11.9 Å². The lowest BCUT2D eigenvalue weighted by molar-refractivity contribution is -0.145. The topological polar surface area (TPSA) is 55.6 Å². The average Bonchev–Trinajstić information content (AvgIpc) is 2.28. The monoisotopic (exact) mass is 230 g/mol. The minimum atomic E-state index is -0.193. The van der Waals surface area contributed by atoms with Gasteiger partial charge in [0.15, 0.2) is 0 Å². The van der Waals surface area contributed by atoms with Gasteiger partial charge in [-0.3, -0.25) is 4.79 Å². The highest BCUT2D eigenvalue weighted by atomic mass is 35.5. The van der Waals surface area contributed by atoms with E-state index in [2.05, 4.69) is 4.74 Å². The Morgan fingerprint density at radius 3 is 2.31 bits per heavy atom. The number of methoxy groups -OCH3 is 1. The van der Waals surface area contributed by atoms with Gasteiger partial charge in [0, 0.05) is 19.1 Å². The Labute approximate surface area is 90.6 Å². The number of nitrogens with two attached hydrogens (primary N) is 1. The van der Waals surface area contributed by atoms with Gasteiger partial charge in [0.25, 0.3) is 0 Å². The average molecular weight is 231 g/mol. The molecule has 80 valence electrons. The van der Waals surface area contributed by atoms with Crippen LogP contribution in [0.25, 0.3) is 0 Å². The van der Waals surface area contributed by atoms with Crippen LogP contribution in [0.15, 0.2) is 0 Å². The molecule has 1 fully saturated rings. The zero-order valence-corrected chi connectivity index (χ0v) is 9.36. The first-order valence-electron chi connectivity index (χ1n) is 3.67. The summed E-state index contributed by atoms with van der Waals surface area (Å²) in [5.74, 6) is -0.327. The Morgan fingerprint density at radius 2 is 2.00 bits per heavy atom. The van der Waals surface area contributed by atoms with Crippen LogP contribution in [0, 0.1) is 5.92 Å². The number of likely N-dealkylation sites (N-methyl/N-ethyl adjacent to an activating group) is 1. The molecule has 0 radical (unpaired) electrons. The van der Waals surface area contributed by atoms with Crippen LogP contribution < -0.4 is 5.73 Å². The lowest BCUT2D eigenvalue weighted by Gasteiger charge is -2.10. The Bertz CT molecular complexity index is 169. The Kier molecular flexibility index (Phi) is 7.64. The third kappa shape index (κ3) is 3.68. The first-order chi connectivity index (χ1) is 5.15. The van der Waals surface area contributed by atoms with E-state index >= 15 is 0 Å². The second kappa shape index (κ2) is 6.43. The minimum Gasteiger partial charge on any atom is -0.469 e. The molecule has 0 aromatic carbocycles. The van der Waals surface area contributed by atoms with Crippen molar-refractivity contribution in [2.45, 2.75) is 6.04 Å². The molecule has 0 amide bonds. The van der Waals surface area contributed by atoms with Crippen LogP contribution in [0.5, 0.6) is 0 Å². The molecule has 2 N–H and O–H groups in total. The molecule has 1 heterocycles. The third-order valence-corrected chi connectivity index (χ3v) is 2.05. The van der Waals surface area contributed by atoms with E-state index in [1.165, 1.54) is 7.11 Å². The van der Waals surface area contributed by atoms with E-state index in [0.717, 1.165) is 6.54 Å². The largest absolute Gasteiger partial charge is 0.469 e. The van der Waals surface area contributed by atoms with E-state index in [4.69, 9.17) is 5.73 Å². The molecule has 0 aromatic heterocycles. The van der Waals surface area contributed by atoms with Crippen LogP contribution in [-0.4, -0.2) is 44.2 Å². The molecule has 6 heteroatoms. The predicted molar refractivity (Wildman–Crippen MR) is 55.5 cm³/mol. The van der Waals surface area contributed by atoms with Crippen molar-refractivity contribution in [3.8, 4) is 0 Å². The summed E-state index contributed by atoms with van der Waals surface area (Å²) < 4.78 is 4.61. The van der Waals surface area contributed by atoms with Crippen molar-refractivity contribution < 1.29 is 9.53 Å². The molecule has 1 saturated heterocycles. The molecule has 1 aliphatic heterocycles. The summed E-state index contributed by atoms with van der Waals surface area (Å²) in [6, 6.07) is -0.0625. The normalized spacial score (nSPS) is 27.3. The zero-order chi connectivity index (χ0) is 8.43. The summed E-state index contributed by atoms with van der Waals surface area (Å²) in [5, 5.41) is 0. The highest BCUT2D eigenvalue weighted by Gasteiger charge is 2.34. The van der Waals surface area contributed by atoms with Crippen LogP contribution >= 0.6 is 24.8 Å². The molecule has 13 heavy (non-hydrogen) atoms. The molecule has 0 spiro atoms. The molecular formula is C7H16Cl2N2O2. The van der Waals surface area contributed by atoms with Gasteiger partial charge >= 0.3 is 5.97 Å². The van der Waals surface area contributed by atoms with Crippen LogP contribution in [0.1, 0.15) is 0 Å². The van der Waals surface area contributed by atoms with Gasteiger partial charge in [0.05, 0.1) is 13.0 Å². The van der Waals surface area contributed by atoms with Gasteiger partial charge in [-0.2, -0.15) is 0 Å². The van der Waals surface area contributed by atoms with Crippen molar-refractivity contribution in [2.24, 2.45) is 11.7 Å². The summed E-state index contributed by atoms with van der Waals surface area (Å²) in [5.41, 5.74) is 5.70. The van der Waals surface area contributed by atoms with Crippen LogP contribution in [0.3, 0.4) is 0 Å². The number of likely N-dealkylation sites (tertiary alicyclic amines) is 1. The molecular weight excluding hydrogens is 215 g/mol. The molecule has 0 bridgehead atoms. The molecule has 1 aliphatic rings. The lowest BCUT2D eigenvalue weighted by atomic mass is 10.1. The third-order valence-electron chi connectivity index (χ3n) is 2.05. The summed E-state index contributed by atoms with van der Waals surface area (Å²) in [4.78, 5) is 13.1. The number of carbonyl (C=O) groups excluding carboxylic acids is 1. The Balaban J connectivity index is 0. The fourth-order valence-corrected chi connectivity index (χ4v) is 1.43. The SMILES string of the molecule is COC(=O)[C@H]1CN(C)C[C@H]1N.Cl.Cl. The molecule has 0 unspecified atom stereocenters. The molecule has 0 aliphatic carbocycles. The van der Waals surface area contributed by atoms with E-state index in [9.17, 15) is 4.79 Å². The highest BCUT2D eigenvalue weighted by molar-refractivity contribution is 5.85. The van der Waals surface area contributed by atoms with Crippen molar-refractivity contribution in [1.82, 2.24) is 4.90 Å². The standard InChI is InChI=1S/C7H14N2O2.2ClH/c1-9-3-5(6(8)4-9)7(10)11-2;;/h5-6H,3-4,8H2,1-2H3;2*1H/t5-,6+;;/m0../s1. The fourth-order valence-electron chi connectivity index (χ4n) is 1.43. The summed E-state index contributed by atoms with van der Waals surface area (Å²) in [7, 11) is 3.34. The van der Waals surface area contributed by atoms with Gasteiger partial charge in [0.1, 0.15) is 0 Å². The minimum absolute atomic E-state index is 0. The molecule has 2 atom stereocenters. The van der Waals surface area contributed by atoms with Gasteiger partial charge in [-0.25, -0.2) is 0 Å². The fraction of sp³-hybridized carbons (Fsp3) is 0.857. The van der Waals surface area contributed by atoms with Crippen molar-refractivity contribution >= 4 is 30.8 Å². The number of hydrogen-bond donors (Lipinski definition) is 1. The number of ether oxygens (including phenoxy) is 1. The van der Waals surface area contributed by atoms with E-state index in [0.29, 0.717) is 6.54 Å². The maximum Gasteiger partial charge on any atom is 0.311 e. The van der Waals surface area contributed by atoms with Gasteiger partial charge in [-0.05, 0) is 7.05 Å². The van der Waals surface area contributed by atoms with Crippen molar-refractivity contribution in [3.05, 3.63) is 0 Å². The number of carbonyl (C=O) groups is 1. The van der Waals surface area contributed by atoms with Crippen LogP contribution in [-0.2, 0) is 9.53 Å².